The third-order valence-electron chi connectivity index (χ3n) is 3.61. The fourth-order valence-corrected chi connectivity index (χ4v) is 2.31. The van der Waals surface area contributed by atoms with Crippen molar-refractivity contribution in [2.24, 2.45) is 5.92 Å². The Kier molecular flexibility index (Phi) is 6.90. The first kappa shape index (κ1) is 14.8. The van der Waals surface area contributed by atoms with Gasteiger partial charge in [-0.05, 0) is 38.1 Å². The maximum atomic E-state index is 11.9. The molecule has 1 heterocycles. The van der Waals surface area contributed by atoms with E-state index in [1.807, 2.05) is 0 Å². The molecular weight excluding hydrogens is 236 g/mol. The molecule has 2 rings (SSSR count). The molecule has 1 amide bonds. The van der Waals surface area contributed by atoms with Crippen molar-refractivity contribution < 1.29 is 4.79 Å². The summed E-state index contributed by atoms with van der Waals surface area (Å²) < 4.78 is 0. The van der Waals surface area contributed by atoms with Gasteiger partial charge in [0.15, 0.2) is 0 Å². The van der Waals surface area contributed by atoms with Gasteiger partial charge in [-0.2, -0.15) is 0 Å². The fraction of sp³-hybridized carbons (Fsp3) is 0.923. The van der Waals surface area contributed by atoms with Gasteiger partial charge < -0.3 is 10.2 Å². The monoisotopic (exact) mass is 260 g/mol. The number of amides is 1. The summed E-state index contributed by atoms with van der Waals surface area (Å²) >= 11 is 0. The molecule has 100 valence electrons. The van der Waals surface area contributed by atoms with Gasteiger partial charge in [-0.25, -0.2) is 0 Å². The van der Waals surface area contributed by atoms with E-state index in [0.717, 1.165) is 25.6 Å². The summed E-state index contributed by atoms with van der Waals surface area (Å²) in [7, 11) is 0. The molecule has 0 spiro atoms. The Morgan fingerprint density at radius 1 is 1.06 bits per heavy atom. The van der Waals surface area contributed by atoms with Crippen molar-refractivity contribution in [1.29, 1.82) is 0 Å². The van der Waals surface area contributed by atoms with Crippen LogP contribution in [0.25, 0.3) is 0 Å². The van der Waals surface area contributed by atoms with Crippen LogP contribution in [0.3, 0.4) is 0 Å². The van der Waals surface area contributed by atoms with Crippen molar-refractivity contribution in [2.75, 3.05) is 26.2 Å². The molecule has 2 aliphatic rings. The Labute approximate surface area is 111 Å². The summed E-state index contributed by atoms with van der Waals surface area (Å²) in [4.78, 5) is 14.0. The van der Waals surface area contributed by atoms with Gasteiger partial charge in [-0.1, -0.05) is 19.3 Å². The zero-order valence-corrected chi connectivity index (χ0v) is 11.4. The molecular formula is C13H25ClN2O. The van der Waals surface area contributed by atoms with Crippen molar-refractivity contribution in [2.45, 2.75) is 44.9 Å². The highest BCUT2D eigenvalue weighted by molar-refractivity contribution is 5.85. The summed E-state index contributed by atoms with van der Waals surface area (Å²) in [5, 5.41) is 3.29. The smallest absolute Gasteiger partial charge is 0.236 e. The molecule has 0 unspecified atom stereocenters. The number of hydrogen-bond acceptors (Lipinski definition) is 2. The first-order chi connectivity index (χ1) is 7.86. The minimum absolute atomic E-state index is 0. The number of nitrogens with zero attached hydrogens (tertiary/aromatic N) is 1. The van der Waals surface area contributed by atoms with E-state index in [-0.39, 0.29) is 12.4 Å². The molecule has 0 bridgehead atoms. The minimum Gasteiger partial charge on any atom is -0.342 e. The summed E-state index contributed by atoms with van der Waals surface area (Å²) in [6.45, 7) is 3.55. The van der Waals surface area contributed by atoms with Crippen LogP contribution in [0.1, 0.15) is 44.9 Å². The average molecular weight is 261 g/mol. The Hall–Kier alpha value is -0.280. The zero-order chi connectivity index (χ0) is 11.2. The molecule has 0 radical (unpaired) electrons. The van der Waals surface area contributed by atoms with Crippen LogP contribution in [0.4, 0.5) is 0 Å². The number of nitrogens with one attached hydrogen (secondary N) is 1. The highest BCUT2D eigenvalue weighted by atomic mass is 35.5. The highest BCUT2D eigenvalue weighted by Gasteiger charge is 2.21. The van der Waals surface area contributed by atoms with Crippen molar-refractivity contribution in [3.63, 3.8) is 0 Å². The van der Waals surface area contributed by atoms with Crippen LogP contribution in [0.5, 0.6) is 0 Å². The second-order valence-electron chi connectivity index (χ2n) is 5.22. The van der Waals surface area contributed by atoms with Crippen LogP contribution < -0.4 is 5.32 Å². The van der Waals surface area contributed by atoms with Crippen LogP contribution in [0.2, 0.25) is 0 Å². The average Bonchev–Trinajstić information content (AvgIpc) is 3.00. The minimum atomic E-state index is 0. The van der Waals surface area contributed by atoms with E-state index in [0.29, 0.717) is 12.5 Å². The standard InChI is InChI=1S/C13H24N2O.ClH/c16-13(11-14-10-12-6-7-12)15-8-4-2-1-3-5-9-15;/h12,14H,1-11H2;1H. The van der Waals surface area contributed by atoms with Gasteiger partial charge in [0.2, 0.25) is 5.91 Å². The van der Waals surface area contributed by atoms with E-state index >= 15 is 0 Å². The van der Waals surface area contributed by atoms with E-state index in [1.54, 1.807) is 0 Å². The topological polar surface area (TPSA) is 32.3 Å². The Bertz CT molecular complexity index is 223. The van der Waals surface area contributed by atoms with E-state index in [2.05, 4.69) is 10.2 Å². The lowest BCUT2D eigenvalue weighted by Gasteiger charge is -2.25. The summed E-state index contributed by atoms with van der Waals surface area (Å²) in [5.74, 6) is 1.17. The van der Waals surface area contributed by atoms with Crippen LogP contribution in [0.15, 0.2) is 0 Å². The summed E-state index contributed by atoms with van der Waals surface area (Å²) in [5.41, 5.74) is 0. The molecule has 1 aliphatic carbocycles. The van der Waals surface area contributed by atoms with Gasteiger partial charge in [0.1, 0.15) is 0 Å². The quantitative estimate of drug-likeness (QED) is 0.841. The lowest BCUT2D eigenvalue weighted by atomic mass is 10.1. The van der Waals surface area contributed by atoms with Gasteiger partial charge in [-0.15, -0.1) is 12.4 Å². The van der Waals surface area contributed by atoms with Crippen LogP contribution in [-0.4, -0.2) is 37.0 Å². The molecule has 1 saturated heterocycles. The molecule has 17 heavy (non-hydrogen) atoms. The number of carbonyl (C=O) groups is 1. The summed E-state index contributed by atoms with van der Waals surface area (Å²) in [6, 6.07) is 0. The van der Waals surface area contributed by atoms with Crippen LogP contribution >= 0.6 is 12.4 Å². The maximum Gasteiger partial charge on any atom is 0.236 e. The van der Waals surface area contributed by atoms with E-state index in [4.69, 9.17) is 0 Å². The first-order valence-corrected chi connectivity index (χ1v) is 6.85. The normalized spacial score (nSPS) is 21.3. The van der Waals surface area contributed by atoms with E-state index in [1.165, 1.54) is 44.9 Å². The second kappa shape index (κ2) is 7.93. The number of halogens is 1. The largest absolute Gasteiger partial charge is 0.342 e. The molecule has 0 atom stereocenters. The van der Waals surface area contributed by atoms with E-state index in [9.17, 15) is 4.79 Å². The third-order valence-corrected chi connectivity index (χ3v) is 3.61. The lowest BCUT2D eigenvalue weighted by molar-refractivity contribution is -0.130. The fourth-order valence-electron chi connectivity index (χ4n) is 2.31. The SMILES string of the molecule is Cl.O=C(CNCC1CC1)N1CCCCCCC1. The Balaban J connectivity index is 0.00000144. The lowest BCUT2D eigenvalue weighted by Crippen LogP contribution is -2.40. The zero-order valence-electron chi connectivity index (χ0n) is 10.6. The number of likely N-dealkylation sites (tertiary alicyclic amines) is 1. The highest BCUT2D eigenvalue weighted by Crippen LogP contribution is 2.27. The van der Waals surface area contributed by atoms with Crippen molar-refractivity contribution in [3.8, 4) is 0 Å². The number of carbonyl (C=O) groups excluding carboxylic acids is 1. The molecule has 0 aromatic heterocycles. The molecule has 2 fully saturated rings. The van der Waals surface area contributed by atoms with Gasteiger partial charge in [0, 0.05) is 13.1 Å². The van der Waals surface area contributed by atoms with Gasteiger partial charge in [-0.3, -0.25) is 4.79 Å². The first-order valence-electron chi connectivity index (χ1n) is 6.85. The number of rotatable bonds is 4. The molecule has 1 saturated carbocycles. The van der Waals surface area contributed by atoms with Gasteiger partial charge in [0.05, 0.1) is 6.54 Å². The predicted octanol–water partition coefficient (Wildman–Crippen LogP) is 2.20. The van der Waals surface area contributed by atoms with Gasteiger partial charge >= 0.3 is 0 Å². The molecule has 0 aromatic rings. The van der Waals surface area contributed by atoms with Crippen molar-refractivity contribution in [3.05, 3.63) is 0 Å². The van der Waals surface area contributed by atoms with Crippen LogP contribution in [-0.2, 0) is 4.79 Å². The third kappa shape index (κ3) is 5.73. The van der Waals surface area contributed by atoms with Gasteiger partial charge in [0.25, 0.3) is 0 Å². The number of hydrogen-bond donors (Lipinski definition) is 1. The van der Waals surface area contributed by atoms with Crippen molar-refractivity contribution >= 4 is 18.3 Å². The molecule has 1 N–H and O–H groups in total. The predicted molar refractivity (Wildman–Crippen MR) is 72.5 cm³/mol. The molecule has 0 aromatic carbocycles. The van der Waals surface area contributed by atoms with Crippen molar-refractivity contribution in [1.82, 2.24) is 10.2 Å². The van der Waals surface area contributed by atoms with Crippen LogP contribution in [0, 0.1) is 5.92 Å². The Morgan fingerprint density at radius 3 is 2.24 bits per heavy atom. The molecule has 1 aliphatic heterocycles. The second-order valence-corrected chi connectivity index (χ2v) is 5.22. The maximum absolute atomic E-state index is 11.9. The molecule has 3 nitrogen and oxygen atoms in total. The van der Waals surface area contributed by atoms with E-state index < -0.39 is 0 Å². The summed E-state index contributed by atoms with van der Waals surface area (Å²) in [6.07, 6.45) is 9.01. The molecule has 4 heteroatoms. The Morgan fingerprint density at radius 2 is 1.65 bits per heavy atom.